The molecule has 0 unspecified atom stereocenters. The van der Waals surface area contributed by atoms with Crippen LogP contribution in [0, 0.1) is 6.92 Å². The zero-order valence-electron chi connectivity index (χ0n) is 23.2. The third-order valence-corrected chi connectivity index (χ3v) is 7.90. The van der Waals surface area contributed by atoms with E-state index in [1.807, 2.05) is 37.3 Å². The van der Waals surface area contributed by atoms with Crippen LogP contribution >= 0.6 is 34.5 Å². The molecule has 1 aromatic heterocycles. The number of aryl methyl sites for hydroxylation is 1. The number of rotatable bonds is 14. The van der Waals surface area contributed by atoms with Crippen molar-refractivity contribution in [3.63, 3.8) is 0 Å². The lowest BCUT2D eigenvalue weighted by atomic mass is 10.1. The van der Waals surface area contributed by atoms with Crippen LogP contribution in [0.3, 0.4) is 0 Å². The van der Waals surface area contributed by atoms with E-state index in [2.05, 4.69) is 5.32 Å². The standard InChI is InChI=1S/C29H35Cl2N3O5S/c1-20-6-9-23(40-20)18-33(14-12-21-7-11-26(38-3)27(16-21)39-4)28(35)19-34(13-5-15-37-2)29(36)32-22-8-10-24(30)25(31)17-22/h6-11,16-17H,5,12-15,18-19H2,1-4H3,(H,32,36). The maximum absolute atomic E-state index is 13.7. The van der Waals surface area contributed by atoms with Gasteiger partial charge in [0, 0.05) is 42.2 Å². The van der Waals surface area contributed by atoms with Crippen molar-refractivity contribution in [1.82, 2.24) is 9.80 Å². The highest BCUT2D eigenvalue weighted by Gasteiger charge is 2.22. The molecule has 0 aliphatic rings. The number of nitrogens with one attached hydrogen (secondary N) is 1. The second-order valence-electron chi connectivity index (χ2n) is 9.09. The van der Waals surface area contributed by atoms with Crippen LogP contribution in [0.15, 0.2) is 48.5 Å². The molecule has 3 aromatic rings. The van der Waals surface area contributed by atoms with E-state index in [-0.39, 0.29) is 12.5 Å². The van der Waals surface area contributed by atoms with E-state index in [0.29, 0.717) is 66.3 Å². The Bertz CT molecular complexity index is 1290. The van der Waals surface area contributed by atoms with Gasteiger partial charge in [-0.3, -0.25) is 4.79 Å². The second kappa shape index (κ2) is 15.7. The summed E-state index contributed by atoms with van der Waals surface area (Å²) in [5.74, 6) is 1.12. The van der Waals surface area contributed by atoms with Gasteiger partial charge in [-0.2, -0.15) is 0 Å². The van der Waals surface area contributed by atoms with Crippen molar-refractivity contribution < 1.29 is 23.8 Å². The quantitative estimate of drug-likeness (QED) is 0.211. The summed E-state index contributed by atoms with van der Waals surface area (Å²) in [5.41, 5.74) is 1.50. The summed E-state index contributed by atoms with van der Waals surface area (Å²) in [6.45, 7) is 3.66. The topological polar surface area (TPSA) is 80.3 Å². The lowest BCUT2D eigenvalue weighted by Crippen LogP contribution is -2.45. The predicted octanol–water partition coefficient (Wildman–Crippen LogP) is 6.52. The van der Waals surface area contributed by atoms with Gasteiger partial charge in [0.15, 0.2) is 11.5 Å². The number of carbonyl (C=O) groups is 2. The van der Waals surface area contributed by atoms with Gasteiger partial charge in [-0.1, -0.05) is 29.3 Å². The SMILES string of the molecule is COCCCN(CC(=O)N(CCc1ccc(OC)c(OC)c1)Cc1ccc(C)s1)C(=O)Nc1ccc(Cl)c(Cl)c1. The number of amides is 3. The second-order valence-corrected chi connectivity index (χ2v) is 11.3. The van der Waals surface area contributed by atoms with Gasteiger partial charge in [0.1, 0.15) is 6.54 Å². The van der Waals surface area contributed by atoms with Crippen molar-refractivity contribution >= 4 is 52.2 Å². The van der Waals surface area contributed by atoms with Gasteiger partial charge < -0.3 is 29.3 Å². The Hall–Kier alpha value is -2.98. The minimum absolute atomic E-state index is 0.0901. The first kappa shape index (κ1) is 31.5. The molecule has 40 heavy (non-hydrogen) atoms. The van der Waals surface area contributed by atoms with Crippen LogP contribution in [0.1, 0.15) is 21.7 Å². The molecule has 0 atom stereocenters. The Morgan fingerprint density at radius 2 is 1.68 bits per heavy atom. The fraction of sp³-hybridized carbons (Fsp3) is 0.379. The Kier molecular flexibility index (Phi) is 12.4. The first-order chi connectivity index (χ1) is 19.2. The molecule has 0 saturated carbocycles. The molecule has 0 saturated heterocycles. The third-order valence-electron chi connectivity index (χ3n) is 6.17. The first-order valence-corrected chi connectivity index (χ1v) is 14.3. The number of ether oxygens (including phenoxy) is 3. The number of thiophene rings is 1. The van der Waals surface area contributed by atoms with E-state index < -0.39 is 6.03 Å². The van der Waals surface area contributed by atoms with Gasteiger partial charge >= 0.3 is 6.03 Å². The highest BCUT2D eigenvalue weighted by atomic mass is 35.5. The maximum Gasteiger partial charge on any atom is 0.322 e. The van der Waals surface area contributed by atoms with Gasteiger partial charge in [0.25, 0.3) is 0 Å². The summed E-state index contributed by atoms with van der Waals surface area (Å²) in [6.07, 6.45) is 1.18. The molecule has 0 radical (unpaired) electrons. The molecule has 11 heteroatoms. The molecule has 0 spiro atoms. The summed E-state index contributed by atoms with van der Waals surface area (Å²) in [5, 5.41) is 3.54. The van der Waals surface area contributed by atoms with E-state index in [1.165, 1.54) is 9.78 Å². The zero-order valence-corrected chi connectivity index (χ0v) is 25.5. The molecular formula is C29H35Cl2N3O5S. The van der Waals surface area contributed by atoms with Crippen LogP contribution in [-0.4, -0.2) is 69.3 Å². The van der Waals surface area contributed by atoms with Crippen molar-refractivity contribution in [2.75, 3.05) is 52.9 Å². The molecule has 0 aliphatic heterocycles. The van der Waals surface area contributed by atoms with Crippen molar-refractivity contribution in [2.24, 2.45) is 0 Å². The van der Waals surface area contributed by atoms with Gasteiger partial charge in [-0.05, 0) is 67.8 Å². The molecule has 2 aromatic carbocycles. The van der Waals surface area contributed by atoms with Gasteiger partial charge in [0.2, 0.25) is 5.91 Å². The smallest absolute Gasteiger partial charge is 0.322 e. The molecule has 216 valence electrons. The van der Waals surface area contributed by atoms with Crippen molar-refractivity contribution in [3.8, 4) is 11.5 Å². The molecule has 0 aliphatic carbocycles. The highest BCUT2D eigenvalue weighted by molar-refractivity contribution is 7.11. The summed E-state index contributed by atoms with van der Waals surface area (Å²) in [7, 11) is 4.79. The Labute approximate surface area is 249 Å². The van der Waals surface area contributed by atoms with Gasteiger partial charge in [-0.25, -0.2) is 4.79 Å². The average Bonchev–Trinajstić information content (AvgIpc) is 3.36. The largest absolute Gasteiger partial charge is 0.493 e. The lowest BCUT2D eigenvalue weighted by molar-refractivity contribution is -0.132. The van der Waals surface area contributed by atoms with Gasteiger partial charge in [-0.15, -0.1) is 11.3 Å². The fourth-order valence-electron chi connectivity index (χ4n) is 4.04. The maximum atomic E-state index is 13.7. The van der Waals surface area contributed by atoms with E-state index in [1.54, 1.807) is 55.8 Å². The lowest BCUT2D eigenvalue weighted by Gasteiger charge is -2.28. The number of carbonyl (C=O) groups excluding carboxylic acids is 2. The van der Waals surface area contributed by atoms with E-state index in [9.17, 15) is 9.59 Å². The Morgan fingerprint density at radius 3 is 2.33 bits per heavy atom. The third kappa shape index (κ3) is 9.30. The van der Waals surface area contributed by atoms with E-state index in [0.717, 1.165) is 10.4 Å². The van der Waals surface area contributed by atoms with Gasteiger partial charge in [0.05, 0.1) is 30.8 Å². The zero-order chi connectivity index (χ0) is 29.1. The molecule has 0 fully saturated rings. The Morgan fingerprint density at radius 1 is 0.900 bits per heavy atom. The van der Waals surface area contributed by atoms with Crippen LogP contribution in [-0.2, 0) is 22.5 Å². The number of anilines is 1. The van der Waals surface area contributed by atoms with Crippen molar-refractivity contribution in [1.29, 1.82) is 0 Å². The molecule has 3 rings (SSSR count). The van der Waals surface area contributed by atoms with Crippen LogP contribution in [0.4, 0.5) is 10.5 Å². The normalized spacial score (nSPS) is 10.8. The number of halogens is 2. The van der Waals surface area contributed by atoms with E-state index >= 15 is 0 Å². The Balaban J connectivity index is 1.77. The summed E-state index contributed by atoms with van der Waals surface area (Å²) < 4.78 is 16.0. The number of urea groups is 1. The number of hydrogen-bond donors (Lipinski definition) is 1. The molecule has 1 heterocycles. The van der Waals surface area contributed by atoms with E-state index in [4.69, 9.17) is 37.4 Å². The first-order valence-electron chi connectivity index (χ1n) is 12.8. The van der Waals surface area contributed by atoms with Crippen LogP contribution < -0.4 is 14.8 Å². The van der Waals surface area contributed by atoms with Crippen LogP contribution in [0.5, 0.6) is 11.5 Å². The fourth-order valence-corrected chi connectivity index (χ4v) is 5.25. The minimum Gasteiger partial charge on any atom is -0.493 e. The number of methoxy groups -OCH3 is 3. The number of nitrogens with zero attached hydrogens (tertiary/aromatic N) is 2. The molecule has 1 N–H and O–H groups in total. The van der Waals surface area contributed by atoms with Crippen molar-refractivity contribution in [2.45, 2.75) is 26.3 Å². The highest BCUT2D eigenvalue weighted by Crippen LogP contribution is 2.28. The molecular weight excluding hydrogens is 573 g/mol. The molecule has 3 amide bonds. The summed E-state index contributed by atoms with van der Waals surface area (Å²) in [4.78, 5) is 32.5. The predicted molar refractivity (Wildman–Crippen MR) is 161 cm³/mol. The average molecular weight is 609 g/mol. The molecule has 8 nitrogen and oxygen atoms in total. The number of benzene rings is 2. The van der Waals surface area contributed by atoms with Crippen molar-refractivity contribution in [3.05, 3.63) is 73.9 Å². The summed E-state index contributed by atoms with van der Waals surface area (Å²) >= 11 is 13.8. The van der Waals surface area contributed by atoms with Crippen LogP contribution in [0.25, 0.3) is 0 Å². The summed E-state index contributed by atoms with van der Waals surface area (Å²) in [6, 6.07) is 14.2. The molecule has 0 bridgehead atoms. The number of hydrogen-bond acceptors (Lipinski definition) is 6. The van der Waals surface area contributed by atoms with Crippen LogP contribution in [0.2, 0.25) is 10.0 Å². The monoisotopic (exact) mass is 607 g/mol. The minimum atomic E-state index is -0.408.